The van der Waals surface area contributed by atoms with Gasteiger partial charge in [-0.15, -0.1) is 0 Å². The minimum Gasteiger partial charge on any atom is -0.314 e. The second kappa shape index (κ2) is 6.74. The van der Waals surface area contributed by atoms with Crippen molar-refractivity contribution in [3.63, 3.8) is 0 Å². The van der Waals surface area contributed by atoms with Crippen molar-refractivity contribution in [3.05, 3.63) is 65.0 Å². The van der Waals surface area contributed by atoms with Crippen molar-refractivity contribution in [2.45, 2.75) is 13.1 Å². The van der Waals surface area contributed by atoms with Gasteiger partial charge in [0.15, 0.2) is 0 Å². The molecule has 6 heteroatoms. The summed E-state index contributed by atoms with van der Waals surface area (Å²) < 4.78 is 0. The Balaban J connectivity index is 1.49. The van der Waals surface area contributed by atoms with E-state index in [2.05, 4.69) is 15.2 Å². The number of pyridine rings is 1. The van der Waals surface area contributed by atoms with Crippen molar-refractivity contribution in [1.82, 2.24) is 20.1 Å². The molecule has 2 aromatic rings. The van der Waals surface area contributed by atoms with Gasteiger partial charge in [0.05, 0.1) is 29.1 Å². The second-order valence-electron chi connectivity index (χ2n) is 6.39. The Morgan fingerprint density at radius 2 is 1.44 bits per heavy atom. The quantitative estimate of drug-likeness (QED) is 0.852. The van der Waals surface area contributed by atoms with Gasteiger partial charge in [0, 0.05) is 32.7 Å². The summed E-state index contributed by atoms with van der Waals surface area (Å²) in [5.74, 6) is -0.482. The van der Waals surface area contributed by atoms with Crippen LogP contribution in [0.25, 0.3) is 0 Å². The van der Waals surface area contributed by atoms with Gasteiger partial charge in [0.25, 0.3) is 11.8 Å². The van der Waals surface area contributed by atoms with E-state index >= 15 is 0 Å². The molecule has 1 fully saturated rings. The molecule has 0 saturated carbocycles. The van der Waals surface area contributed by atoms with Crippen LogP contribution in [0.3, 0.4) is 0 Å². The van der Waals surface area contributed by atoms with Gasteiger partial charge in [0.2, 0.25) is 0 Å². The van der Waals surface area contributed by atoms with Crippen LogP contribution in [0.4, 0.5) is 0 Å². The fourth-order valence-electron chi connectivity index (χ4n) is 3.35. The van der Waals surface area contributed by atoms with Crippen molar-refractivity contribution in [3.8, 4) is 0 Å². The highest BCUT2D eigenvalue weighted by atomic mass is 16.2. The number of benzene rings is 1. The number of piperazine rings is 1. The largest absolute Gasteiger partial charge is 0.314 e. The number of amides is 2. The SMILES string of the molecule is O=C1c2ccccc2C(=O)N1Cc1cccc(CN2CCNCC2)n1. The highest BCUT2D eigenvalue weighted by Gasteiger charge is 2.35. The fraction of sp³-hybridized carbons (Fsp3) is 0.316. The Morgan fingerprint density at radius 3 is 2.08 bits per heavy atom. The summed E-state index contributed by atoms with van der Waals surface area (Å²) in [4.78, 5) is 33.2. The number of nitrogens with one attached hydrogen (secondary N) is 1. The number of carbonyl (C=O) groups excluding carboxylic acids is 2. The standard InChI is InChI=1S/C19H20N4O2/c24-18-16-6-1-2-7-17(16)19(25)23(18)13-15-5-3-4-14(21-15)12-22-10-8-20-9-11-22/h1-7,20H,8-13H2. The third kappa shape index (κ3) is 3.18. The maximum atomic E-state index is 12.5. The zero-order chi connectivity index (χ0) is 17.2. The molecule has 0 atom stereocenters. The summed E-state index contributed by atoms with van der Waals surface area (Å²) in [6, 6.07) is 12.8. The highest BCUT2D eigenvalue weighted by molar-refractivity contribution is 6.21. The van der Waals surface area contributed by atoms with E-state index in [1.54, 1.807) is 24.3 Å². The van der Waals surface area contributed by atoms with E-state index in [-0.39, 0.29) is 18.4 Å². The van der Waals surface area contributed by atoms with Gasteiger partial charge >= 0.3 is 0 Å². The molecule has 2 aliphatic rings. The molecule has 0 radical (unpaired) electrons. The molecule has 25 heavy (non-hydrogen) atoms. The summed E-state index contributed by atoms with van der Waals surface area (Å²) in [6.07, 6.45) is 0. The summed E-state index contributed by atoms with van der Waals surface area (Å²) in [7, 11) is 0. The zero-order valence-electron chi connectivity index (χ0n) is 13.9. The number of nitrogens with zero attached hydrogens (tertiary/aromatic N) is 3. The van der Waals surface area contributed by atoms with Crippen molar-refractivity contribution in [1.29, 1.82) is 0 Å². The molecule has 1 saturated heterocycles. The van der Waals surface area contributed by atoms with Crippen LogP contribution in [0.2, 0.25) is 0 Å². The minimum atomic E-state index is -0.241. The second-order valence-corrected chi connectivity index (χ2v) is 6.39. The van der Waals surface area contributed by atoms with Crippen LogP contribution in [0, 0.1) is 0 Å². The molecule has 4 rings (SSSR count). The topological polar surface area (TPSA) is 65.5 Å². The lowest BCUT2D eigenvalue weighted by molar-refractivity contribution is 0.0640. The van der Waals surface area contributed by atoms with Gasteiger partial charge in [0.1, 0.15) is 0 Å². The molecule has 3 heterocycles. The van der Waals surface area contributed by atoms with Crippen molar-refractivity contribution in [2.24, 2.45) is 0 Å². The molecule has 2 amide bonds. The molecule has 0 unspecified atom stereocenters. The molecule has 1 N–H and O–H groups in total. The molecule has 0 spiro atoms. The van der Waals surface area contributed by atoms with Gasteiger partial charge in [-0.1, -0.05) is 18.2 Å². The van der Waals surface area contributed by atoms with Gasteiger partial charge < -0.3 is 5.32 Å². The van der Waals surface area contributed by atoms with E-state index in [0.717, 1.165) is 44.1 Å². The summed E-state index contributed by atoms with van der Waals surface area (Å²) in [6.45, 7) is 5.00. The number of hydrogen-bond donors (Lipinski definition) is 1. The Bertz CT molecular complexity index is 780. The van der Waals surface area contributed by atoms with Crippen LogP contribution in [0.5, 0.6) is 0 Å². The molecular formula is C19H20N4O2. The van der Waals surface area contributed by atoms with Crippen molar-refractivity contribution >= 4 is 11.8 Å². The minimum absolute atomic E-state index is 0.210. The molecule has 0 aliphatic carbocycles. The monoisotopic (exact) mass is 336 g/mol. The van der Waals surface area contributed by atoms with E-state index in [1.807, 2.05) is 18.2 Å². The highest BCUT2D eigenvalue weighted by Crippen LogP contribution is 2.23. The summed E-state index contributed by atoms with van der Waals surface area (Å²) in [5.41, 5.74) is 2.66. The maximum absolute atomic E-state index is 12.5. The fourth-order valence-corrected chi connectivity index (χ4v) is 3.35. The number of carbonyl (C=O) groups is 2. The van der Waals surface area contributed by atoms with Crippen molar-refractivity contribution < 1.29 is 9.59 Å². The van der Waals surface area contributed by atoms with E-state index in [4.69, 9.17) is 0 Å². The zero-order valence-corrected chi connectivity index (χ0v) is 13.9. The number of fused-ring (bicyclic) bond motifs is 1. The first-order valence-corrected chi connectivity index (χ1v) is 8.55. The molecule has 128 valence electrons. The molecule has 0 bridgehead atoms. The predicted octanol–water partition coefficient (Wildman–Crippen LogP) is 1.28. The molecule has 6 nitrogen and oxygen atoms in total. The van der Waals surface area contributed by atoms with Crippen LogP contribution >= 0.6 is 0 Å². The van der Waals surface area contributed by atoms with Gasteiger partial charge in [-0.2, -0.15) is 0 Å². The Labute approximate surface area is 146 Å². The lowest BCUT2D eigenvalue weighted by Crippen LogP contribution is -2.43. The van der Waals surface area contributed by atoms with Crippen LogP contribution in [-0.2, 0) is 13.1 Å². The third-order valence-corrected chi connectivity index (χ3v) is 4.66. The average Bonchev–Trinajstić information content (AvgIpc) is 2.88. The van der Waals surface area contributed by atoms with Crippen LogP contribution < -0.4 is 5.32 Å². The Hall–Kier alpha value is -2.57. The van der Waals surface area contributed by atoms with Crippen molar-refractivity contribution in [2.75, 3.05) is 26.2 Å². The van der Waals surface area contributed by atoms with Gasteiger partial charge in [-0.3, -0.25) is 24.4 Å². The summed E-state index contributed by atoms with van der Waals surface area (Å²) >= 11 is 0. The Morgan fingerprint density at radius 1 is 0.840 bits per heavy atom. The first kappa shape index (κ1) is 15.9. The first-order valence-electron chi connectivity index (χ1n) is 8.55. The lowest BCUT2D eigenvalue weighted by Gasteiger charge is -2.26. The molecule has 1 aromatic heterocycles. The normalized spacial score (nSPS) is 17.8. The van der Waals surface area contributed by atoms with E-state index in [9.17, 15) is 9.59 Å². The number of imide groups is 1. The smallest absolute Gasteiger partial charge is 0.261 e. The van der Waals surface area contributed by atoms with E-state index < -0.39 is 0 Å². The van der Waals surface area contributed by atoms with Gasteiger partial charge in [-0.25, -0.2) is 0 Å². The third-order valence-electron chi connectivity index (χ3n) is 4.66. The van der Waals surface area contributed by atoms with Gasteiger partial charge in [-0.05, 0) is 24.3 Å². The number of hydrogen-bond acceptors (Lipinski definition) is 5. The average molecular weight is 336 g/mol. The molecule has 1 aromatic carbocycles. The van der Waals surface area contributed by atoms with Crippen LogP contribution in [0.15, 0.2) is 42.5 Å². The number of aromatic nitrogens is 1. The Kier molecular flexibility index (Phi) is 4.29. The lowest BCUT2D eigenvalue weighted by atomic mass is 10.1. The first-order chi connectivity index (χ1) is 12.2. The molecule has 2 aliphatic heterocycles. The summed E-state index contributed by atoms with van der Waals surface area (Å²) in [5, 5.41) is 3.33. The van der Waals surface area contributed by atoms with E-state index in [1.165, 1.54) is 4.90 Å². The number of rotatable bonds is 4. The predicted molar refractivity (Wildman–Crippen MR) is 93.0 cm³/mol. The van der Waals surface area contributed by atoms with Crippen LogP contribution in [0.1, 0.15) is 32.1 Å². The van der Waals surface area contributed by atoms with E-state index in [0.29, 0.717) is 11.1 Å². The molecular weight excluding hydrogens is 316 g/mol. The maximum Gasteiger partial charge on any atom is 0.261 e. The van der Waals surface area contributed by atoms with Crippen LogP contribution in [-0.4, -0.2) is 52.8 Å².